The molecule has 3 nitrogen and oxygen atoms in total. The number of hydrogen-bond acceptors (Lipinski definition) is 2. The van der Waals surface area contributed by atoms with Crippen molar-refractivity contribution in [3.05, 3.63) is 137 Å². The van der Waals surface area contributed by atoms with Crippen LogP contribution in [0.4, 0.5) is 0 Å². The van der Waals surface area contributed by atoms with E-state index in [0.717, 1.165) is 22.3 Å². The molecule has 4 rings (SSSR count). The standard InChI is InChI=1S/C28H25NO2/c1-21-12-8-9-17-24(21)27(23-15-6-3-7-16-23)29-28(30)25-18-10-11-19-26(25)31-20-22-13-4-2-5-14-22/h2-19,27H,20H2,1H3,(H,29,30). The summed E-state index contributed by atoms with van der Waals surface area (Å²) in [5.41, 5.74) is 4.82. The molecule has 1 amide bonds. The molecule has 0 aromatic heterocycles. The second kappa shape index (κ2) is 9.77. The van der Waals surface area contributed by atoms with E-state index < -0.39 is 0 Å². The van der Waals surface area contributed by atoms with E-state index in [9.17, 15) is 4.79 Å². The van der Waals surface area contributed by atoms with E-state index in [1.165, 1.54) is 0 Å². The predicted octanol–water partition coefficient (Wildman–Crippen LogP) is 6.09. The van der Waals surface area contributed by atoms with Crippen LogP contribution in [0.1, 0.15) is 38.7 Å². The van der Waals surface area contributed by atoms with Gasteiger partial charge in [0.15, 0.2) is 0 Å². The van der Waals surface area contributed by atoms with E-state index in [-0.39, 0.29) is 11.9 Å². The SMILES string of the molecule is Cc1ccccc1C(NC(=O)c1ccccc1OCc1ccccc1)c1ccccc1. The number of hydrogen-bond donors (Lipinski definition) is 1. The third-order valence-electron chi connectivity index (χ3n) is 5.28. The van der Waals surface area contributed by atoms with Crippen molar-refractivity contribution < 1.29 is 9.53 Å². The number of carbonyl (C=O) groups excluding carboxylic acids is 1. The summed E-state index contributed by atoms with van der Waals surface area (Å²) < 4.78 is 6.00. The molecule has 4 aromatic carbocycles. The Balaban J connectivity index is 1.60. The van der Waals surface area contributed by atoms with Crippen LogP contribution in [0.25, 0.3) is 0 Å². The first-order valence-corrected chi connectivity index (χ1v) is 10.4. The minimum Gasteiger partial charge on any atom is -0.488 e. The number of ether oxygens (including phenoxy) is 1. The predicted molar refractivity (Wildman–Crippen MR) is 124 cm³/mol. The number of nitrogens with one attached hydrogen (secondary N) is 1. The van der Waals surface area contributed by atoms with E-state index in [1.54, 1.807) is 6.07 Å². The first-order valence-electron chi connectivity index (χ1n) is 10.4. The molecule has 154 valence electrons. The second-order valence-corrected chi connectivity index (χ2v) is 7.44. The Morgan fingerprint density at radius 1 is 0.774 bits per heavy atom. The molecule has 0 aliphatic heterocycles. The summed E-state index contributed by atoms with van der Waals surface area (Å²) >= 11 is 0. The van der Waals surface area contributed by atoms with Gasteiger partial charge in [-0.25, -0.2) is 0 Å². The summed E-state index contributed by atoms with van der Waals surface area (Å²) in [6.45, 7) is 2.47. The minimum atomic E-state index is -0.253. The van der Waals surface area contributed by atoms with Crippen LogP contribution in [0.5, 0.6) is 5.75 Å². The molecule has 1 unspecified atom stereocenters. The first kappa shape index (κ1) is 20.4. The van der Waals surface area contributed by atoms with Crippen molar-refractivity contribution >= 4 is 5.91 Å². The van der Waals surface area contributed by atoms with Crippen molar-refractivity contribution in [3.63, 3.8) is 0 Å². The molecule has 3 heteroatoms. The molecule has 0 radical (unpaired) electrons. The summed E-state index contributed by atoms with van der Waals surface area (Å²) in [6.07, 6.45) is 0. The summed E-state index contributed by atoms with van der Waals surface area (Å²) in [7, 11) is 0. The molecule has 0 saturated carbocycles. The summed E-state index contributed by atoms with van der Waals surface area (Å²) in [5.74, 6) is 0.404. The Kier molecular flexibility index (Phi) is 6.44. The van der Waals surface area contributed by atoms with Crippen molar-refractivity contribution in [2.75, 3.05) is 0 Å². The maximum Gasteiger partial charge on any atom is 0.255 e. The third kappa shape index (κ3) is 5.01. The minimum absolute atomic E-state index is 0.166. The van der Waals surface area contributed by atoms with E-state index in [2.05, 4.69) is 24.4 Å². The molecular formula is C28H25NO2. The number of aryl methyl sites for hydroxylation is 1. The van der Waals surface area contributed by atoms with Gasteiger partial charge in [0.2, 0.25) is 0 Å². The molecule has 0 bridgehead atoms. The Morgan fingerprint density at radius 2 is 1.39 bits per heavy atom. The van der Waals surface area contributed by atoms with Crippen LogP contribution in [0.2, 0.25) is 0 Å². The number of amides is 1. The normalized spacial score (nSPS) is 11.5. The van der Waals surface area contributed by atoms with Crippen LogP contribution in [-0.4, -0.2) is 5.91 Å². The van der Waals surface area contributed by atoms with Crippen molar-refractivity contribution in [1.82, 2.24) is 5.32 Å². The fourth-order valence-electron chi connectivity index (χ4n) is 3.62. The molecule has 0 spiro atoms. The molecular weight excluding hydrogens is 382 g/mol. The highest BCUT2D eigenvalue weighted by Crippen LogP contribution is 2.27. The molecule has 0 saturated heterocycles. The lowest BCUT2D eigenvalue weighted by molar-refractivity contribution is 0.0938. The number of carbonyl (C=O) groups is 1. The fourth-order valence-corrected chi connectivity index (χ4v) is 3.62. The van der Waals surface area contributed by atoms with E-state index >= 15 is 0 Å². The first-order chi connectivity index (χ1) is 15.2. The Morgan fingerprint density at radius 3 is 2.13 bits per heavy atom. The highest BCUT2D eigenvalue weighted by molar-refractivity contribution is 5.97. The van der Waals surface area contributed by atoms with Crippen molar-refractivity contribution in [2.45, 2.75) is 19.6 Å². The molecule has 4 aromatic rings. The lowest BCUT2D eigenvalue weighted by Crippen LogP contribution is -2.30. The molecule has 31 heavy (non-hydrogen) atoms. The zero-order chi connectivity index (χ0) is 21.5. The van der Waals surface area contributed by atoms with Crippen molar-refractivity contribution in [3.8, 4) is 5.75 Å². The molecule has 0 aliphatic carbocycles. The largest absolute Gasteiger partial charge is 0.488 e. The molecule has 1 atom stereocenters. The average Bonchev–Trinajstić information content (AvgIpc) is 2.83. The van der Waals surface area contributed by atoms with Gasteiger partial charge in [-0.05, 0) is 41.3 Å². The zero-order valence-electron chi connectivity index (χ0n) is 17.5. The lowest BCUT2D eigenvalue weighted by atomic mass is 9.94. The van der Waals surface area contributed by atoms with Gasteiger partial charge in [-0.15, -0.1) is 0 Å². The van der Waals surface area contributed by atoms with Gasteiger partial charge in [-0.3, -0.25) is 4.79 Å². The Hall–Kier alpha value is -3.85. The zero-order valence-corrected chi connectivity index (χ0v) is 17.5. The highest BCUT2D eigenvalue weighted by Gasteiger charge is 2.21. The van der Waals surface area contributed by atoms with Crippen LogP contribution < -0.4 is 10.1 Å². The maximum atomic E-state index is 13.4. The number of para-hydroxylation sites is 1. The van der Waals surface area contributed by atoms with Crippen LogP contribution in [0.3, 0.4) is 0 Å². The quantitative estimate of drug-likeness (QED) is 0.402. The van der Waals surface area contributed by atoms with Gasteiger partial charge in [-0.2, -0.15) is 0 Å². The molecule has 1 N–H and O–H groups in total. The van der Waals surface area contributed by atoms with E-state index in [0.29, 0.717) is 17.9 Å². The van der Waals surface area contributed by atoms with Crippen LogP contribution in [0, 0.1) is 6.92 Å². The molecule has 0 aliphatic rings. The van der Waals surface area contributed by atoms with Gasteiger partial charge in [0.1, 0.15) is 12.4 Å². The van der Waals surface area contributed by atoms with Crippen molar-refractivity contribution in [2.24, 2.45) is 0 Å². The van der Waals surface area contributed by atoms with Crippen LogP contribution in [-0.2, 0) is 6.61 Å². The summed E-state index contributed by atoms with van der Waals surface area (Å²) in [5, 5.41) is 3.23. The Bertz CT molecular complexity index is 1140. The van der Waals surface area contributed by atoms with E-state index in [4.69, 9.17) is 4.74 Å². The number of benzene rings is 4. The van der Waals surface area contributed by atoms with Gasteiger partial charge < -0.3 is 10.1 Å². The highest BCUT2D eigenvalue weighted by atomic mass is 16.5. The van der Waals surface area contributed by atoms with Crippen molar-refractivity contribution in [1.29, 1.82) is 0 Å². The smallest absolute Gasteiger partial charge is 0.255 e. The monoisotopic (exact) mass is 407 g/mol. The maximum absolute atomic E-state index is 13.4. The molecule has 0 heterocycles. The van der Waals surface area contributed by atoms with Crippen LogP contribution >= 0.6 is 0 Å². The number of rotatable bonds is 7. The van der Waals surface area contributed by atoms with E-state index in [1.807, 2.05) is 91.0 Å². The average molecular weight is 408 g/mol. The lowest BCUT2D eigenvalue weighted by Gasteiger charge is -2.22. The summed E-state index contributed by atoms with van der Waals surface area (Å²) in [4.78, 5) is 13.4. The van der Waals surface area contributed by atoms with Gasteiger partial charge in [0.25, 0.3) is 5.91 Å². The van der Waals surface area contributed by atoms with Gasteiger partial charge in [0, 0.05) is 0 Å². The third-order valence-corrected chi connectivity index (χ3v) is 5.28. The summed E-state index contributed by atoms with van der Waals surface area (Å²) in [6, 6.07) is 35.2. The van der Waals surface area contributed by atoms with Gasteiger partial charge >= 0.3 is 0 Å². The fraction of sp³-hybridized carbons (Fsp3) is 0.107. The van der Waals surface area contributed by atoms with Gasteiger partial charge in [-0.1, -0.05) is 97.1 Å². The Labute approximate surface area is 183 Å². The van der Waals surface area contributed by atoms with Crippen LogP contribution in [0.15, 0.2) is 109 Å². The van der Waals surface area contributed by atoms with Gasteiger partial charge in [0.05, 0.1) is 11.6 Å². The topological polar surface area (TPSA) is 38.3 Å². The second-order valence-electron chi connectivity index (χ2n) is 7.44. The molecule has 0 fully saturated rings.